The van der Waals surface area contributed by atoms with Crippen LogP contribution in [0.15, 0.2) is 24.3 Å². The van der Waals surface area contributed by atoms with Gasteiger partial charge in [0.05, 0.1) is 11.3 Å². The van der Waals surface area contributed by atoms with Gasteiger partial charge in [0.15, 0.2) is 5.75 Å². The van der Waals surface area contributed by atoms with E-state index in [2.05, 4.69) is 6.92 Å². The molecular formula is C19H31NO4S. The van der Waals surface area contributed by atoms with Crippen molar-refractivity contribution >= 4 is 16.0 Å². The van der Waals surface area contributed by atoms with Crippen LogP contribution in [0.1, 0.15) is 81.5 Å². The van der Waals surface area contributed by atoms with Gasteiger partial charge in [-0.1, -0.05) is 76.8 Å². The maximum Gasteiger partial charge on any atom is 0.309 e. The monoisotopic (exact) mass is 369 g/mol. The molecule has 0 saturated carbocycles. The average Bonchev–Trinajstić information content (AvgIpc) is 2.56. The van der Waals surface area contributed by atoms with E-state index < -0.39 is 16.0 Å². The van der Waals surface area contributed by atoms with Crippen molar-refractivity contribution in [3.05, 3.63) is 29.8 Å². The number of hydrogen-bond donors (Lipinski definition) is 1. The molecule has 1 amide bonds. The minimum absolute atomic E-state index is 0.00193. The van der Waals surface area contributed by atoms with Gasteiger partial charge in [0, 0.05) is 0 Å². The second-order valence-electron chi connectivity index (χ2n) is 6.39. The Bertz CT molecular complexity index is 614. The largest absolute Gasteiger partial charge is 0.382 e. The van der Waals surface area contributed by atoms with Crippen molar-refractivity contribution < 1.29 is 17.4 Å². The lowest BCUT2D eigenvalue weighted by Gasteiger charge is -2.09. The standard InChI is InChI=1S/C19H31NO4S/c1-2-3-4-5-6-7-8-9-10-13-16-25(22,23)24-18-15-12-11-14-17(18)19(20)21/h11-12,14-15H,2-10,13,16H2,1H3,(H2,20,21). The quantitative estimate of drug-likeness (QED) is 0.388. The fraction of sp³-hybridized carbons (Fsp3) is 0.632. The first-order valence-electron chi connectivity index (χ1n) is 9.27. The Balaban J connectivity index is 2.23. The summed E-state index contributed by atoms with van der Waals surface area (Å²) in [5.74, 6) is -0.747. The summed E-state index contributed by atoms with van der Waals surface area (Å²) < 4.78 is 29.1. The Hall–Kier alpha value is -1.56. The van der Waals surface area contributed by atoms with E-state index in [9.17, 15) is 13.2 Å². The average molecular weight is 370 g/mol. The molecule has 0 radical (unpaired) electrons. The zero-order valence-electron chi connectivity index (χ0n) is 15.2. The van der Waals surface area contributed by atoms with Crippen LogP contribution in [-0.4, -0.2) is 20.1 Å². The molecule has 0 bridgehead atoms. The number of carbonyl (C=O) groups is 1. The molecule has 0 aliphatic rings. The highest BCUT2D eigenvalue weighted by Crippen LogP contribution is 2.20. The van der Waals surface area contributed by atoms with Crippen molar-refractivity contribution in [2.75, 3.05) is 5.75 Å². The highest BCUT2D eigenvalue weighted by atomic mass is 32.2. The molecule has 0 spiro atoms. The Morgan fingerprint density at radius 2 is 1.44 bits per heavy atom. The number of nitrogens with two attached hydrogens (primary N) is 1. The molecule has 5 nitrogen and oxygen atoms in total. The molecule has 6 heteroatoms. The highest BCUT2D eigenvalue weighted by Gasteiger charge is 2.17. The Kier molecular flexibility index (Phi) is 10.2. The van der Waals surface area contributed by atoms with Gasteiger partial charge in [0.2, 0.25) is 0 Å². The van der Waals surface area contributed by atoms with Gasteiger partial charge in [0.25, 0.3) is 5.91 Å². The van der Waals surface area contributed by atoms with Crippen LogP contribution in [0, 0.1) is 0 Å². The van der Waals surface area contributed by atoms with Gasteiger partial charge >= 0.3 is 10.1 Å². The summed E-state index contributed by atoms with van der Waals surface area (Å²) in [6, 6.07) is 6.11. The SMILES string of the molecule is CCCCCCCCCCCCS(=O)(=O)Oc1ccccc1C(N)=O. The normalized spacial score (nSPS) is 11.4. The Morgan fingerprint density at radius 1 is 0.920 bits per heavy atom. The molecule has 1 aromatic carbocycles. The molecule has 0 saturated heterocycles. The lowest BCUT2D eigenvalue weighted by molar-refractivity contribution is 0.0999. The van der Waals surface area contributed by atoms with Crippen LogP contribution in [0.5, 0.6) is 5.75 Å². The van der Waals surface area contributed by atoms with Crippen molar-refractivity contribution in [1.29, 1.82) is 0 Å². The van der Waals surface area contributed by atoms with Crippen LogP contribution in [0.25, 0.3) is 0 Å². The molecule has 0 aliphatic carbocycles. The van der Waals surface area contributed by atoms with Gasteiger partial charge in [0.1, 0.15) is 0 Å². The minimum atomic E-state index is -3.71. The summed E-state index contributed by atoms with van der Waals surface area (Å²) in [5.41, 5.74) is 5.30. The van der Waals surface area contributed by atoms with Crippen molar-refractivity contribution in [2.45, 2.75) is 71.1 Å². The van der Waals surface area contributed by atoms with E-state index in [0.29, 0.717) is 6.42 Å². The van der Waals surface area contributed by atoms with Gasteiger partial charge < -0.3 is 9.92 Å². The predicted octanol–water partition coefficient (Wildman–Crippen LogP) is 4.42. The van der Waals surface area contributed by atoms with Crippen molar-refractivity contribution in [3.63, 3.8) is 0 Å². The molecule has 25 heavy (non-hydrogen) atoms. The topological polar surface area (TPSA) is 86.5 Å². The molecule has 1 rings (SSSR count). The van der Waals surface area contributed by atoms with Crippen LogP contribution >= 0.6 is 0 Å². The number of para-hydroxylation sites is 1. The molecule has 0 aromatic heterocycles. The second kappa shape index (κ2) is 11.9. The fourth-order valence-corrected chi connectivity index (χ4v) is 3.75. The lowest BCUT2D eigenvalue weighted by Crippen LogP contribution is -2.18. The molecular weight excluding hydrogens is 338 g/mol. The number of amides is 1. The zero-order valence-corrected chi connectivity index (χ0v) is 16.0. The van der Waals surface area contributed by atoms with Crippen LogP contribution in [0.3, 0.4) is 0 Å². The Morgan fingerprint density at radius 3 is 2.00 bits per heavy atom. The summed E-state index contributed by atoms with van der Waals surface area (Å²) in [7, 11) is -3.71. The number of unbranched alkanes of at least 4 members (excludes halogenated alkanes) is 9. The van der Waals surface area contributed by atoms with Crippen molar-refractivity contribution in [1.82, 2.24) is 0 Å². The summed E-state index contributed by atoms with van der Waals surface area (Å²) >= 11 is 0. The van der Waals surface area contributed by atoms with Gasteiger partial charge in [-0.05, 0) is 18.6 Å². The number of rotatable bonds is 14. The maximum absolute atomic E-state index is 12.0. The van der Waals surface area contributed by atoms with Gasteiger partial charge in [-0.3, -0.25) is 4.79 Å². The van der Waals surface area contributed by atoms with Crippen molar-refractivity contribution in [2.24, 2.45) is 5.73 Å². The summed E-state index contributed by atoms with van der Waals surface area (Å²) in [6.07, 6.45) is 11.3. The first kappa shape index (κ1) is 21.5. The molecule has 0 unspecified atom stereocenters. The summed E-state index contributed by atoms with van der Waals surface area (Å²) in [6.45, 7) is 2.21. The van der Waals surface area contributed by atoms with E-state index in [1.165, 1.54) is 50.7 Å². The summed E-state index contributed by atoms with van der Waals surface area (Å²) in [5, 5.41) is 0. The number of primary amides is 1. The number of hydrogen-bond acceptors (Lipinski definition) is 4. The number of benzene rings is 1. The van der Waals surface area contributed by atoms with Gasteiger partial charge in [-0.25, -0.2) is 0 Å². The molecule has 0 heterocycles. The third-order valence-electron chi connectivity index (χ3n) is 4.12. The molecule has 0 atom stereocenters. The molecule has 0 aliphatic heterocycles. The third kappa shape index (κ3) is 9.48. The van der Waals surface area contributed by atoms with Gasteiger partial charge in [-0.2, -0.15) is 8.42 Å². The van der Waals surface area contributed by atoms with Crippen molar-refractivity contribution in [3.8, 4) is 5.75 Å². The van der Waals surface area contributed by atoms with E-state index in [4.69, 9.17) is 9.92 Å². The minimum Gasteiger partial charge on any atom is -0.382 e. The molecule has 142 valence electrons. The van der Waals surface area contributed by atoms with E-state index in [1.54, 1.807) is 12.1 Å². The van der Waals surface area contributed by atoms with E-state index >= 15 is 0 Å². The van der Waals surface area contributed by atoms with Gasteiger partial charge in [-0.15, -0.1) is 0 Å². The second-order valence-corrected chi connectivity index (χ2v) is 8.08. The number of carbonyl (C=O) groups excluding carboxylic acids is 1. The zero-order chi connectivity index (χ0) is 18.5. The van der Waals surface area contributed by atoms with Crippen LogP contribution in [0.4, 0.5) is 0 Å². The lowest BCUT2D eigenvalue weighted by atomic mass is 10.1. The van der Waals surface area contributed by atoms with E-state index in [1.807, 2.05) is 0 Å². The molecule has 1 aromatic rings. The van der Waals surface area contributed by atoms with E-state index in [0.717, 1.165) is 19.3 Å². The van der Waals surface area contributed by atoms with E-state index in [-0.39, 0.29) is 17.1 Å². The first-order chi connectivity index (χ1) is 12.0. The predicted molar refractivity (Wildman–Crippen MR) is 101 cm³/mol. The highest BCUT2D eigenvalue weighted by molar-refractivity contribution is 7.87. The summed E-state index contributed by atoms with van der Waals surface area (Å²) in [4.78, 5) is 11.3. The third-order valence-corrected chi connectivity index (χ3v) is 5.34. The molecule has 0 fully saturated rings. The smallest absolute Gasteiger partial charge is 0.309 e. The maximum atomic E-state index is 12.0. The fourth-order valence-electron chi connectivity index (χ4n) is 2.69. The van der Waals surface area contributed by atoms with Crippen LogP contribution < -0.4 is 9.92 Å². The molecule has 2 N–H and O–H groups in total. The van der Waals surface area contributed by atoms with Crippen LogP contribution in [-0.2, 0) is 10.1 Å². The van der Waals surface area contributed by atoms with Crippen LogP contribution in [0.2, 0.25) is 0 Å². The first-order valence-corrected chi connectivity index (χ1v) is 10.8. The Labute approximate surface area is 152 Å².